The van der Waals surface area contributed by atoms with Crippen LogP contribution in [0.4, 0.5) is 0 Å². The van der Waals surface area contributed by atoms with E-state index in [1.807, 2.05) is 31.2 Å². The maximum absolute atomic E-state index is 10.1. The van der Waals surface area contributed by atoms with Crippen LogP contribution in [-0.2, 0) is 0 Å². The number of aryl methyl sites for hydroxylation is 1. The number of benzene rings is 1. The van der Waals surface area contributed by atoms with Gasteiger partial charge >= 0.3 is 0 Å². The van der Waals surface area contributed by atoms with E-state index >= 15 is 0 Å². The molecule has 0 amide bonds. The standard InChI is InChI=1S/C17H27NO2.ClH/c1-13-5-4-6-17(8-13)20-12-16(19)11-18-9-14(2)7-15(3)10-18;/h4-6,8,14-16,19H,7,9-12H2,1-3H3;1H/p-1. The molecule has 2 rings (SSSR count). The normalized spacial score (nSPS) is 24.2. The number of likely N-dealkylation sites (tertiary alicyclic amines) is 1. The van der Waals surface area contributed by atoms with Crippen LogP contribution in [0.3, 0.4) is 0 Å². The molecular formula is C17H27ClNO2-. The molecule has 1 fully saturated rings. The van der Waals surface area contributed by atoms with Gasteiger partial charge < -0.3 is 27.2 Å². The monoisotopic (exact) mass is 312 g/mol. The third-order valence-corrected chi connectivity index (χ3v) is 3.85. The molecule has 0 aliphatic carbocycles. The maximum atomic E-state index is 10.1. The molecule has 0 saturated carbocycles. The molecule has 21 heavy (non-hydrogen) atoms. The fraction of sp³-hybridized carbons (Fsp3) is 0.647. The molecule has 4 heteroatoms. The Kier molecular flexibility index (Phi) is 7.50. The largest absolute Gasteiger partial charge is 1.00 e. The summed E-state index contributed by atoms with van der Waals surface area (Å²) in [6.07, 6.45) is 0.875. The first kappa shape index (κ1) is 18.3. The van der Waals surface area contributed by atoms with Crippen LogP contribution in [0.25, 0.3) is 0 Å². The molecule has 3 atom stereocenters. The SMILES string of the molecule is Cc1cccc(OCC(O)CN2CC(C)CC(C)C2)c1.[Cl-]. The fourth-order valence-corrected chi connectivity index (χ4v) is 3.19. The van der Waals surface area contributed by atoms with Gasteiger partial charge in [0.1, 0.15) is 18.5 Å². The minimum absolute atomic E-state index is 0. The van der Waals surface area contributed by atoms with Crippen molar-refractivity contribution < 1.29 is 22.3 Å². The highest BCUT2D eigenvalue weighted by Crippen LogP contribution is 2.21. The third-order valence-electron chi connectivity index (χ3n) is 3.85. The second kappa shape index (κ2) is 8.62. The summed E-state index contributed by atoms with van der Waals surface area (Å²) in [7, 11) is 0. The molecule has 1 heterocycles. The first-order valence-corrected chi connectivity index (χ1v) is 7.63. The van der Waals surface area contributed by atoms with E-state index in [2.05, 4.69) is 18.7 Å². The van der Waals surface area contributed by atoms with Crippen LogP contribution in [-0.4, -0.2) is 42.4 Å². The highest BCUT2D eigenvalue weighted by Gasteiger charge is 2.23. The molecule has 3 unspecified atom stereocenters. The van der Waals surface area contributed by atoms with Crippen molar-refractivity contribution in [2.75, 3.05) is 26.2 Å². The molecule has 1 saturated heterocycles. The van der Waals surface area contributed by atoms with Crippen molar-refractivity contribution in [3.8, 4) is 5.75 Å². The van der Waals surface area contributed by atoms with E-state index in [1.54, 1.807) is 0 Å². The third kappa shape index (κ3) is 6.25. The predicted octanol–water partition coefficient (Wildman–Crippen LogP) is -0.283. The quantitative estimate of drug-likeness (QED) is 0.811. The van der Waals surface area contributed by atoms with Crippen molar-refractivity contribution >= 4 is 0 Å². The van der Waals surface area contributed by atoms with E-state index in [0.29, 0.717) is 13.2 Å². The van der Waals surface area contributed by atoms with E-state index in [1.165, 1.54) is 12.0 Å². The lowest BCUT2D eigenvalue weighted by molar-refractivity contribution is -0.00000842. The van der Waals surface area contributed by atoms with Gasteiger partial charge in [-0.15, -0.1) is 0 Å². The molecule has 1 aromatic carbocycles. The van der Waals surface area contributed by atoms with Gasteiger partial charge in [0, 0.05) is 19.6 Å². The van der Waals surface area contributed by atoms with Gasteiger partial charge in [0.2, 0.25) is 0 Å². The van der Waals surface area contributed by atoms with Crippen LogP contribution in [0.1, 0.15) is 25.8 Å². The Balaban J connectivity index is 0.00000220. The molecule has 0 bridgehead atoms. The van der Waals surface area contributed by atoms with E-state index in [4.69, 9.17) is 4.74 Å². The topological polar surface area (TPSA) is 32.7 Å². The number of ether oxygens (including phenoxy) is 1. The maximum Gasteiger partial charge on any atom is 0.119 e. The van der Waals surface area contributed by atoms with Crippen LogP contribution < -0.4 is 17.1 Å². The zero-order chi connectivity index (χ0) is 14.5. The number of β-amino-alcohol motifs (C(OH)–C–C–N with tert-alkyl or cyclic N) is 1. The number of rotatable bonds is 5. The van der Waals surface area contributed by atoms with Gasteiger partial charge in [0.25, 0.3) is 0 Å². The predicted molar refractivity (Wildman–Crippen MR) is 82.1 cm³/mol. The van der Waals surface area contributed by atoms with E-state index in [0.717, 1.165) is 30.7 Å². The number of piperidine rings is 1. The van der Waals surface area contributed by atoms with Gasteiger partial charge in [0.15, 0.2) is 0 Å². The smallest absolute Gasteiger partial charge is 0.119 e. The lowest BCUT2D eigenvalue weighted by Gasteiger charge is -2.35. The number of halogens is 1. The Morgan fingerprint density at radius 1 is 1.29 bits per heavy atom. The Bertz CT molecular complexity index is 417. The molecule has 1 N–H and O–H groups in total. The summed E-state index contributed by atoms with van der Waals surface area (Å²) < 4.78 is 5.67. The first-order chi connectivity index (χ1) is 9.52. The van der Waals surface area contributed by atoms with Gasteiger partial charge in [0.05, 0.1) is 0 Å². The summed E-state index contributed by atoms with van der Waals surface area (Å²) in [6.45, 7) is 9.87. The molecule has 0 spiro atoms. The molecule has 120 valence electrons. The van der Waals surface area contributed by atoms with E-state index < -0.39 is 6.10 Å². The van der Waals surface area contributed by atoms with Crippen LogP contribution in [0.5, 0.6) is 5.75 Å². The Morgan fingerprint density at radius 2 is 1.95 bits per heavy atom. The minimum atomic E-state index is -0.423. The molecule has 0 radical (unpaired) electrons. The number of nitrogens with zero attached hydrogens (tertiary/aromatic N) is 1. The molecule has 1 aliphatic rings. The second-order valence-corrected chi connectivity index (χ2v) is 6.45. The Morgan fingerprint density at radius 3 is 2.57 bits per heavy atom. The summed E-state index contributed by atoms with van der Waals surface area (Å²) in [5, 5.41) is 10.1. The van der Waals surface area contributed by atoms with Gasteiger partial charge in [-0.1, -0.05) is 26.0 Å². The summed E-state index contributed by atoms with van der Waals surface area (Å²) >= 11 is 0. The van der Waals surface area contributed by atoms with Gasteiger partial charge in [-0.05, 0) is 42.9 Å². The number of hydrogen-bond donors (Lipinski definition) is 1. The second-order valence-electron chi connectivity index (χ2n) is 6.45. The van der Waals surface area contributed by atoms with Gasteiger partial charge in [-0.2, -0.15) is 0 Å². The lowest BCUT2D eigenvalue weighted by Crippen LogP contribution is -3.00. The van der Waals surface area contributed by atoms with E-state index in [-0.39, 0.29) is 12.4 Å². The van der Waals surface area contributed by atoms with Crippen LogP contribution in [0.2, 0.25) is 0 Å². The van der Waals surface area contributed by atoms with Crippen molar-refractivity contribution in [1.82, 2.24) is 4.90 Å². The zero-order valence-electron chi connectivity index (χ0n) is 13.3. The first-order valence-electron chi connectivity index (χ1n) is 7.63. The average Bonchev–Trinajstić information content (AvgIpc) is 2.35. The van der Waals surface area contributed by atoms with Crippen molar-refractivity contribution in [3.05, 3.63) is 29.8 Å². The van der Waals surface area contributed by atoms with Crippen molar-refractivity contribution in [1.29, 1.82) is 0 Å². The zero-order valence-corrected chi connectivity index (χ0v) is 14.0. The van der Waals surface area contributed by atoms with Crippen molar-refractivity contribution in [2.24, 2.45) is 11.8 Å². The van der Waals surface area contributed by atoms with Crippen molar-refractivity contribution in [3.63, 3.8) is 0 Å². The van der Waals surface area contributed by atoms with Crippen LogP contribution >= 0.6 is 0 Å². The molecule has 3 nitrogen and oxygen atoms in total. The van der Waals surface area contributed by atoms with Crippen LogP contribution in [0.15, 0.2) is 24.3 Å². The highest BCUT2D eigenvalue weighted by atomic mass is 35.5. The van der Waals surface area contributed by atoms with E-state index in [9.17, 15) is 5.11 Å². The summed E-state index contributed by atoms with van der Waals surface area (Å²) in [6, 6.07) is 7.95. The lowest BCUT2D eigenvalue weighted by atomic mass is 9.92. The molecule has 0 aromatic heterocycles. The molecule has 1 aliphatic heterocycles. The number of aliphatic hydroxyl groups excluding tert-OH is 1. The number of aliphatic hydroxyl groups is 1. The molecular weight excluding hydrogens is 286 g/mol. The summed E-state index contributed by atoms with van der Waals surface area (Å²) in [5.41, 5.74) is 1.18. The van der Waals surface area contributed by atoms with Crippen LogP contribution in [0, 0.1) is 18.8 Å². The fourth-order valence-electron chi connectivity index (χ4n) is 3.19. The average molecular weight is 313 g/mol. The summed E-state index contributed by atoms with van der Waals surface area (Å²) in [5.74, 6) is 2.29. The molecule has 1 aromatic rings. The minimum Gasteiger partial charge on any atom is -1.00 e. The van der Waals surface area contributed by atoms with Gasteiger partial charge in [-0.25, -0.2) is 0 Å². The Labute approximate surface area is 134 Å². The van der Waals surface area contributed by atoms with Crippen molar-refractivity contribution in [2.45, 2.75) is 33.3 Å². The Hall–Kier alpha value is -0.770. The highest BCUT2D eigenvalue weighted by molar-refractivity contribution is 5.27. The van der Waals surface area contributed by atoms with Gasteiger partial charge in [-0.3, -0.25) is 0 Å². The summed E-state index contributed by atoms with van der Waals surface area (Å²) in [4.78, 5) is 2.36. The number of hydrogen-bond acceptors (Lipinski definition) is 3.